The fourth-order valence-electron chi connectivity index (χ4n) is 5.35. The molecule has 38 heavy (non-hydrogen) atoms. The molecule has 2 amide bonds. The van der Waals surface area contributed by atoms with Crippen molar-refractivity contribution in [3.05, 3.63) is 77.9 Å². The van der Waals surface area contributed by atoms with Crippen molar-refractivity contribution in [3.63, 3.8) is 0 Å². The van der Waals surface area contributed by atoms with Crippen LogP contribution < -0.4 is 19.7 Å². The molecule has 3 aromatic carbocycles. The third-order valence-electron chi connectivity index (χ3n) is 7.30. The van der Waals surface area contributed by atoms with Gasteiger partial charge in [-0.1, -0.05) is 54.5 Å². The first-order valence-corrected chi connectivity index (χ1v) is 12.9. The van der Waals surface area contributed by atoms with Crippen LogP contribution in [0, 0.1) is 6.92 Å². The molecule has 0 saturated heterocycles. The Balaban J connectivity index is 1.44. The van der Waals surface area contributed by atoms with Crippen LogP contribution in [0.4, 0.5) is 5.69 Å². The molecule has 1 unspecified atom stereocenters. The van der Waals surface area contributed by atoms with Gasteiger partial charge in [0.05, 0.1) is 5.52 Å². The molecule has 1 aromatic heterocycles. The quantitative estimate of drug-likeness (QED) is 0.397. The average Bonchev–Trinajstić information content (AvgIpc) is 3.69. The second-order valence-electron chi connectivity index (χ2n) is 9.79. The molecular weight excluding hydrogens is 482 g/mol. The number of carbonyl (C=O) groups is 2. The molecule has 1 fully saturated rings. The maximum Gasteiger partial charge on any atom is 0.249 e. The van der Waals surface area contributed by atoms with E-state index in [0.717, 1.165) is 42.3 Å². The van der Waals surface area contributed by atoms with Gasteiger partial charge in [0.15, 0.2) is 11.5 Å². The van der Waals surface area contributed by atoms with Crippen molar-refractivity contribution in [3.8, 4) is 11.5 Å². The number of aromatic nitrogens is 3. The van der Waals surface area contributed by atoms with Gasteiger partial charge in [-0.05, 0) is 55.2 Å². The predicted molar refractivity (Wildman–Crippen MR) is 142 cm³/mol. The Bertz CT molecular complexity index is 1490. The van der Waals surface area contributed by atoms with Crippen molar-refractivity contribution in [2.45, 2.75) is 51.2 Å². The second-order valence-corrected chi connectivity index (χ2v) is 9.79. The summed E-state index contributed by atoms with van der Waals surface area (Å²) < 4.78 is 12.7. The summed E-state index contributed by atoms with van der Waals surface area (Å²) in [5.74, 6) is 0.632. The van der Waals surface area contributed by atoms with Gasteiger partial charge >= 0.3 is 0 Å². The summed E-state index contributed by atoms with van der Waals surface area (Å²) in [6.07, 6.45) is 4.05. The molecule has 1 N–H and O–H groups in total. The van der Waals surface area contributed by atoms with E-state index >= 15 is 0 Å². The van der Waals surface area contributed by atoms with E-state index in [4.69, 9.17) is 9.47 Å². The Morgan fingerprint density at radius 3 is 2.63 bits per heavy atom. The van der Waals surface area contributed by atoms with Gasteiger partial charge in [-0.2, -0.15) is 0 Å². The van der Waals surface area contributed by atoms with Crippen molar-refractivity contribution >= 4 is 28.5 Å². The summed E-state index contributed by atoms with van der Waals surface area (Å²) >= 11 is 0. The minimum Gasteiger partial charge on any atom is -0.454 e. The van der Waals surface area contributed by atoms with E-state index in [1.165, 1.54) is 0 Å². The number of nitrogens with zero attached hydrogens (tertiary/aromatic N) is 4. The van der Waals surface area contributed by atoms with Gasteiger partial charge in [-0.3, -0.25) is 14.5 Å². The van der Waals surface area contributed by atoms with E-state index in [1.54, 1.807) is 27.8 Å². The number of hydrogen-bond acceptors (Lipinski definition) is 6. The monoisotopic (exact) mass is 511 g/mol. The van der Waals surface area contributed by atoms with Crippen molar-refractivity contribution in [1.82, 2.24) is 20.3 Å². The zero-order chi connectivity index (χ0) is 26.1. The van der Waals surface area contributed by atoms with Crippen molar-refractivity contribution in [1.29, 1.82) is 0 Å². The normalized spacial score (nSPS) is 15.5. The van der Waals surface area contributed by atoms with Crippen LogP contribution in [0.3, 0.4) is 0 Å². The van der Waals surface area contributed by atoms with E-state index in [1.807, 2.05) is 55.5 Å². The van der Waals surface area contributed by atoms with Crippen molar-refractivity contribution in [2.24, 2.45) is 0 Å². The van der Waals surface area contributed by atoms with Crippen LogP contribution in [-0.4, -0.2) is 39.6 Å². The fourth-order valence-corrected chi connectivity index (χ4v) is 5.35. The number of benzene rings is 3. The number of para-hydroxylation sites is 1. The number of ether oxygens (including phenoxy) is 2. The smallest absolute Gasteiger partial charge is 0.249 e. The highest BCUT2D eigenvalue weighted by molar-refractivity contribution is 6.02. The standard InChI is InChI=1S/C29H29N5O4/c1-19-8-2-5-11-22(19)28(29(36)30-20-9-3-4-10-20)34(21-14-15-25-26(16-21)38-18-37-25)27(35)17-33-24-13-7-6-12-23(24)31-32-33/h2,5-8,11-16,20,28H,3-4,9-10,17-18H2,1H3,(H,30,36). The molecule has 6 rings (SSSR count). The zero-order valence-electron chi connectivity index (χ0n) is 21.2. The summed E-state index contributed by atoms with van der Waals surface area (Å²) in [6, 6.07) is 19.7. The van der Waals surface area contributed by atoms with E-state index < -0.39 is 6.04 Å². The minimum absolute atomic E-state index is 0.0892. The SMILES string of the molecule is Cc1ccccc1C(C(=O)NC1CCCC1)N(C(=O)Cn1nnc2ccccc21)c1ccc2c(c1)OCO2. The molecular formula is C29H29N5O4. The lowest BCUT2D eigenvalue weighted by molar-refractivity contribution is -0.127. The van der Waals surface area contributed by atoms with Crippen molar-refractivity contribution < 1.29 is 19.1 Å². The Labute approximate surface area is 220 Å². The number of fused-ring (bicyclic) bond motifs is 2. The van der Waals surface area contributed by atoms with Crippen LogP contribution in [0.15, 0.2) is 66.7 Å². The van der Waals surface area contributed by atoms with E-state index in [0.29, 0.717) is 22.7 Å². The average molecular weight is 512 g/mol. The van der Waals surface area contributed by atoms with Crippen LogP contribution in [0.2, 0.25) is 0 Å². The topological polar surface area (TPSA) is 98.6 Å². The van der Waals surface area contributed by atoms with Gasteiger partial charge in [0.1, 0.15) is 18.1 Å². The Morgan fingerprint density at radius 2 is 1.79 bits per heavy atom. The van der Waals surface area contributed by atoms with E-state index in [9.17, 15) is 9.59 Å². The van der Waals surface area contributed by atoms with Gasteiger partial charge in [0.25, 0.3) is 0 Å². The van der Waals surface area contributed by atoms with Crippen LogP contribution >= 0.6 is 0 Å². The zero-order valence-corrected chi connectivity index (χ0v) is 21.2. The van der Waals surface area contributed by atoms with Gasteiger partial charge < -0.3 is 14.8 Å². The second kappa shape index (κ2) is 10.2. The highest BCUT2D eigenvalue weighted by atomic mass is 16.7. The first-order valence-electron chi connectivity index (χ1n) is 12.9. The maximum absolute atomic E-state index is 14.2. The van der Waals surface area contributed by atoms with Crippen LogP contribution in [0.5, 0.6) is 11.5 Å². The summed E-state index contributed by atoms with van der Waals surface area (Å²) in [4.78, 5) is 29.8. The number of anilines is 1. The molecule has 1 aliphatic heterocycles. The first kappa shape index (κ1) is 24.0. The molecule has 2 aliphatic rings. The summed E-state index contributed by atoms with van der Waals surface area (Å²) in [6.45, 7) is 1.98. The fraction of sp³-hybridized carbons (Fsp3) is 0.310. The Hall–Kier alpha value is -4.40. The highest BCUT2D eigenvalue weighted by Crippen LogP contribution is 2.39. The van der Waals surface area contributed by atoms with Crippen molar-refractivity contribution in [2.75, 3.05) is 11.7 Å². The number of aryl methyl sites for hydroxylation is 1. The first-order chi connectivity index (χ1) is 18.6. The maximum atomic E-state index is 14.2. The van der Waals surface area contributed by atoms with Gasteiger partial charge in [-0.15, -0.1) is 5.10 Å². The summed E-state index contributed by atoms with van der Waals surface area (Å²) in [5, 5.41) is 11.6. The third-order valence-corrected chi connectivity index (χ3v) is 7.30. The summed E-state index contributed by atoms with van der Waals surface area (Å²) in [5.41, 5.74) is 3.67. The molecule has 9 nitrogen and oxygen atoms in total. The lowest BCUT2D eigenvalue weighted by Crippen LogP contribution is -2.47. The molecule has 0 bridgehead atoms. The molecule has 1 aliphatic carbocycles. The van der Waals surface area contributed by atoms with Crippen LogP contribution in [0.25, 0.3) is 11.0 Å². The Kier molecular flexibility index (Phi) is 6.41. The lowest BCUT2D eigenvalue weighted by atomic mass is 9.97. The Morgan fingerprint density at radius 1 is 1.03 bits per heavy atom. The summed E-state index contributed by atoms with van der Waals surface area (Å²) in [7, 11) is 0. The molecule has 2 heterocycles. The van der Waals surface area contributed by atoms with Crippen LogP contribution in [-0.2, 0) is 16.1 Å². The predicted octanol–water partition coefficient (Wildman–Crippen LogP) is 4.30. The van der Waals surface area contributed by atoms with E-state index in [2.05, 4.69) is 15.6 Å². The number of hydrogen-bond donors (Lipinski definition) is 1. The number of rotatable bonds is 7. The largest absolute Gasteiger partial charge is 0.454 e. The number of amides is 2. The number of nitrogens with one attached hydrogen (secondary N) is 1. The van der Waals surface area contributed by atoms with E-state index in [-0.39, 0.29) is 31.2 Å². The highest BCUT2D eigenvalue weighted by Gasteiger charge is 2.36. The molecule has 0 radical (unpaired) electrons. The molecule has 4 aromatic rings. The minimum atomic E-state index is -0.889. The molecule has 1 saturated carbocycles. The molecule has 0 spiro atoms. The van der Waals surface area contributed by atoms with Gasteiger partial charge in [0, 0.05) is 17.8 Å². The lowest BCUT2D eigenvalue weighted by Gasteiger charge is -2.33. The van der Waals surface area contributed by atoms with Gasteiger partial charge in [0.2, 0.25) is 18.6 Å². The molecule has 1 atom stereocenters. The third kappa shape index (κ3) is 4.55. The van der Waals surface area contributed by atoms with Gasteiger partial charge in [-0.25, -0.2) is 4.68 Å². The molecule has 9 heteroatoms. The van der Waals surface area contributed by atoms with Crippen LogP contribution in [0.1, 0.15) is 42.9 Å². The molecule has 194 valence electrons. The number of carbonyl (C=O) groups excluding carboxylic acids is 2.